The van der Waals surface area contributed by atoms with Crippen LogP contribution in [0.1, 0.15) is 11.1 Å². The van der Waals surface area contributed by atoms with Gasteiger partial charge in [0.15, 0.2) is 0 Å². The van der Waals surface area contributed by atoms with Gasteiger partial charge in [0.25, 0.3) is 0 Å². The molecule has 0 radical (unpaired) electrons. The summed E-state index contributed by atoms with van der Waals surface area (Å²) in [6.45, 7) is 0. The molecule has 4 rings (SSSR count). The molecule has 0 bridgehead atoms. The summed E-state index contributed by atoms with van der Waals surface area (Å²) in [5, 5.41) is 0.836. The SMILES string of the molecule is COc1ccc(-c2c(/C=C/c3ccccc3)c3ccc(OC)cc3oc2=O)cc1. The van der Waals surface area contributed by atoms with E-state index < -0.39 is 5.63 Å². The second-order valence-corrected chi connectivity index (χ2v) is 6.51. The van der Waals surface area contributed by atoms with Crippen molar-refractivity contribution in [2.45, 2.75) is 0 Å². The highest BCUT2D eigenvalue weighted by Gasteiger charge is 2.15. The predicted octanol–water partition coefficient (Wildman–Crippen LogP) is 5.65. The lowest BCUT2D eigenvalue weighted by molar-refractivity contribution is 0.414. The second-order valence-electron chi connectivity index (χ2n) is 6.51. The minimum atomic E-state index is -0.399. The number of hydrogen-bond acceptors (Lipinski definition) is 4. The normalized spacial score (nSPS) is 11.1. The van der Waals surface area contributed by atoms with Crippen LogP contribution in [0.15, 0.2) is 82.0 Å². The lowest BCUT2D eigenvalue weighted by Gasteiger charge is -2.10. The molecule has 4 nitrogen and oxygen atoms in total. The molecule has 0 aliphatic carbocycles. The van der Waals surface area contributed by atoms with Gasteiger partial charge in [-0.15, -0.1) is 0 Å². The van der Waals surface area contributed by atoms with Gasteiger partial charge in [0.2, 0.25) is 0 Å². The second kappa shape index (κ2) is 8.07. The van der Waals surface area contributed by atoms with Gasteiger partial charge >= 0.3 is 5.63 Å². The lowest BCUT2D eigenvalue weighted by atomic mass is 9.97. The summed E-state index contributed by atoms with van der Waals surface area (Å²) in [4.78, 5) is 12.9. The first-order valence-electron chi connectivity index (χ1n) is 9.22. The molecule has 0 atom stereocenters. The molecule has 0 N–H and O–H groups in total. The lowest BCUT2D eigenvalue weighted by Crippen LogP contribution is -2.06. The van der Waals surface area contributed by atoms with Crippen LogP contribution in [0, 0.1) is 0 Å². The Morgan fingerprint density at radius 1 is 0.793 bits per heavy atom. The maximum atomic E-state index is 12.9. The van der Waals surface area contributed by atoms with E-state index in [4.69, 9.17) is 13.9 Å². The Hall–Kier alpha value is -3.79. The van der Waals surface area contributed by atoms with Crippen molar-refractivity contribution in [1.82, 2.24) is 0 Å². The summed E-state index contributed by atoms with van der Waals surface area (Å²) in [7, 11) is 3.20. The topological polar surface area (TPSA) is 48.7 Å². The van der Waals surface area contributed by atoms with E-state index in [1.54, 1.807) is 20.3 Å². The van der Waals surface area contributed by atoms with Crippen molar-refractivity contribution in [2.75, 3.05) is 14.2 Å². The van der Waals surface area contributed by atoms with Gasteiger partial charge in [0.1, 0.15) is 17.1 Å². The average molecular weight is 384 g/mol. The van der Waals surface area contributed by atoms with Crippen LogP contribution >= 0.6 is 0 Å². The van der Waals surface area contributed by atoms with Gasteiger partial charge in [-0.1, -0.05) is 54.6 Å². The van der Waals surface area contributed by atoms with Crippen LogP contribution in [0.5, 0.6) is 11.5 Å². The number of benzene rings is 3. The molecule has 3 aromatic carbocycles. The molecular weight excluding hydrogens is 364 g/mol. The monoisotopic (exact) mass is 384 g/mol. The van der Waals surface area contributed by atoms with Crippen molar-refractivity contribution in [1.29, 1.82) is 0 Å². The van der Waals surface area contributed by atoms with Crippen molar-refractivity contribution < 1.29 is 13.9 Å². The fourth-order valence-electron chi connectivity index (χ4n) is 3.28. The number of ether oxygens (including phenoxy) is 2. The highest BCUT2D eigenvalue weighted by Crippen LogP contribution is 2.31. The van der Waals surface area contributed by atoms with E-state index in [1.165, 1.54) is 0 Å². The molecule has 144 valence electrons. The van der Waals surface area contributed by atoms with Crippen LogP contribution in [-0.2, 0) is 0 Å². The summed E-state index contributed by atoms with van der Waals surface area (Å²) in [5.74, 6) is 1.36. The average Bonchev–Trinajstić information content (AvgIpc) is 2.77. The van der Waals surface area contributed by atoms with Gasteiger partial charge in [0.05, 0.1) is 19.8 Å². The molecule has 0 spiro atoms. The molecule has 4 aromatic rings. The molecule has 0 aliphatic rings. The zero-order chi connectivity index (χ0) is 20.2. The molecule has 1 aromatic heterocycles. The van der Waals surface area contributed by atoms with Crippen LogP contribution in [-0.4, -0.2) is 14.2 Å². The van der Waals surface area contributed by atoms with Crippen molar-refractivity contribution in [2.24, 2.45) is 0 Å². The molecule has 0 unspecified atom stereocenters. The number of fused-ring (bicyclic) bond motifs is 1. The van der Waals surface area contributed by atoms with Gasteiger partial charge in [-0.3, -0.25) is 0 Å². The van der Waals surface area contributed by atoms with Gasteiger partial charge in [0, 0.05) is 17.0 Å². The largest absolute Gasteiger partial charge is 0.497 e. The van der Waals surface area contributed by atoms with Crippen LogP contribution in [0.3, 0.4) is 0 Å². The fourth-order valence-corrected chi connectivity index (χ4v) is 3.28. The minimum Gasteiger partial charge on any atom is -0.497 e. The van der Waals surface area contributed by atoms with E-state index >= 15 is 0 Å². The van der Waals surface area contributed by atoms with Gasteiger partial charge < -0.3 is 13.9 Å². The van der Waals surface area contributed by atoms with E-state index in [1.807, 2.05) is 78.9 Å². The number of methoxy groups -OCH3 is 2. The molecule has 4 heteroatoms. The summed E-state index contributed by atoms with van der Waals surface area (Å²) in [5.41, 5.74) is 3.21. The quantitative estimate of drug-likeness (QED) is 0.417. The maximum absolute atomic E-state index is 12.9. The van der Waals surface area contributed by atoms with Gasteiger partial charge in [-0.25, -0.2) is 4.79 Å². The third-order valence-corrected chi connectivity index (χ3v) is 4.78. The van der Waals surface area contributed by atoms with Crippen LogP contribution in [0.2, 0.25) is 0 Å². The Labute approximate surface area is 168 Å². The third kappa shape index (κ3) is 3.78. The van der Waals surface area contributed by atoms with Gasteiger partial charge in [-0.2, -0.15) is 0 Å². The molecule has 1 heterocycles. The Morgan fingerprint density at radius 3 is 2.17 bits per heavy atom. The smallest absolute Gasteiger partial charge is 0.344 e. The van der Waals surface area contributed by atoms with Crippen LogP contribution < -0.4 is 15.1 Å². The summed E-state index contributed by atoms with van der Waals surface area (Å²) in [6, 6.07) is 22.8. The molecule has 0 saturated carbocycles. The first-order valence-corrected chi connectivity index (χ1v) is 9.22. The standard InChI is InChI=1S/C25H20O4/c1-27-19-11-9-18(10-12-19)24-22(14-8-17-6-4-3-5-7-17)21-15-13-20(28-2)16-23(21)29-25(24)26/h3-16H,1-2H3/b14-8+. The Morgan fingerprint density at radius 2 is 1.48 bits per heavy atom. The molecule has 29 heavy (non-hydrogen) atoms. The Balaban J connectivity index is 1.96. The Kier molecular flexibility index (Phi) is 5.16. The molecular formula is C25H20O4. The van der Waals surface area contributed by atoms with Crippen molar-refractivity contribution >= 4 is 23.1 Å². The first kappa shape index (κ1) is 18.6. The molecule has 0 saturated heterocycles. The van der Waals surface area contributed by atoms with Crippen molar-refractivity contribution in [3.8, 4) is 22.6 Å². The fraction of sp³-hybridized carbons (Fsp3) is 0.0800. The van der Waals surface area contributed by atoms with Crippen LogP contribution in [0.4, 0.5) is 0 Å². The number of hydrogen-bond donors (Lipinski definition) is 0. The minimum absolute atomic E-state index is 0.399. The summed E-state index contributed by atoms with van der Waals surface area (Å²) >= 11 is 0. The maximum Gasteiger partial charge on any atom is 0.344 e. The highest BCUT2D eigenvalue weighted by atomic mass is 16.5. The molecule has 0 aliphatic heterocycles. The van der Waals surface area contributed by atoms with Crippen molar-refractivity contribution in [3.63, 3.8) is 0 Å². The van der Waals surface area contributed by atoms with E-state index in [9.17, 15) is 4.79 Å². The summed E-state index contributed by atoms with van der Waals surface area (Å²) < 4.78 is 16.2. The van der Waals surface area contributed by atoms with E-state index in [2.05, 4.69) is 0 Å². The van der Waals surface area contributed by atoms with E-state index in [0.717, 1.165) is 27.8 Å². The first-order chi connectivity index (χ1) is 14.2. The summed E-state index contributed by atoms with van der Waals surface area (Å²) in [6.07, 6.45) is 3.95. The predicted molar refractivity (Wildman–Crippen MR) is 116 cm³/mol. The van der Waals surface area contributed by atoms with E-state index in [0.29, 0.717) is 16.9 Å². The zero-order valence-electron chi connectivity index (χ0n) is 16.2. The molecule has 0 amide bonds. The third-order valence-electron chi connectivity index (χ3n) is 4.78. The Bertz CT molecular complexity index is 1220. The number of rotatable bonds is 5. The van der Waals surface area contributed by atoms with Gasteiger partial charge in [-0.05, 0) is 35.4 Å². The van der Waals surface area contributed by atoms with Crippen molar-refractivity contribution in [3.05, 3.63) is 94.3 Å². The highest BCUT2D eigenvalue weighted by molar-refractivity contribution is 5.96. The zero-order valence-corrected chi connectivity index (χ0v) is 16.2. The van der Waals surface area contributed by atoms with E-state index in [-0.39, 0.29) is 0 Å². The van der Waals surface area contributed by atoms with Crippen LogP contribution in [0.25, 0.3) is 34.2 Å². The molecule has 0 fully saturated rings.